The molecule has 1 aliphatic rings. The van der Waals surface area contributed by atoms with E-state index in [-0.39, 0.29) is 16.7 Å². The van der Waals surface area contributed by atoms with Crippen molar-refractivity contribution in [2.24, 2.45) is 5.92 Å². The number of aryl methyl sites for hydroxylation is 1. The van der Waals surface area contributed by atoms with Crippen molar-refractivity contribution in [1.82, 2.24) is 9.62 Å². The van der Waals surface area contributed by atoms with Crippen molar-refractivity contribution in [2.45, 2.75) is 57.4 Å². The predicted octanol–water partition coefficient (Wildman–Crippen LogP) is 3.97. The minimum absolute atomic E-state index is 0.152. The van der Waals surface area contributed by atoms with Gasteiger partial charge in [0.25, 0.3) is 0 Å². The highest BCUT2D eigenvalue weighted by Gasteiger charge is 2.26. The van der Waals surface area contributed by atoms with E-state index in [0.717, 1.165) is 18.5 Å². The van der Waals surface area contributed by atoms with E-state index in [1.165, 1.54) is 31.5 Å². The van der Waals surface area contributed by atoms with Crippen LogP contribution in [0, 0.1) is 12.8 Å². The topological polar surface area (TPSA) is 78.5 Å². The normalized spacial score (nSPS) is 15.8. The molecular formula is C25H35N3O3S. The summed E-state index contributed by atoms with van der Waals surface area (Å²) < 4.78 is 28.2. The third-order valence-corrected chi connectivity index (χ3v) is 7.28. The van der Waals surface area contributed by atoms with Gasteiger partial charge in [0.05, 0.1) is 4.90 Å². The Kier molecular flexibility index (Phi) is 8.45. The number of likely N-dealkylation sites (tertiary alicyclic amines) is 1. The van der Waals surface area contributed by atoms with Gasteiger partial charge >= 0.3 is 0 Å². The summed E-state index contributed by atoms with van der Waals surface area (Å²) in [6.07, 6.45) is 3.97. The number of hydrogen-bond acceptors (Lipinski definition) is 4. The zero-order chi connectivity index (χ0) is 23.1. The monoisotopic (exact) mass is 457 g/mol. The quantitative estimate of drug-likeness (QED) is 0.566. The second kappa shape index (κ2) is 11.1. The first-order valence-corrected chi connectivity index (χ1v) is 12.9. The maximum atomic E-state index is 13.0. The van der Waals surface area contributed by atoms with Crippen LogP contribution in [0.5, 0.6) is 0 Å². The lowest BCUT2D eigenvalue weighted by Gasteiger charge is -2.20. The Hall–Kier alpha value is -2.22. The molecule has 0 aromatic heterocycles. The van der Waals surface area contributed by atoms with Gasteiger partial charge in [0, 0.05) is 12.2 Å². The summed E-state index contributed by atoms with van der Waals surface area (Å²) in [5, 5.41) is 2.88. The lowest BCUT2D eigenvalue weighted by atomic mass is 10.0. The molecule has 0 spiro atoms. The molecule has 6 nitrogen and oxygen atoms in total. The molecular weight excluding hydrogens is 422 g/mol. The largest absolute Gasteiger partial charge is 0.325 e. The highest BCUT2D eigenvalue weighted by molar-refractivity contribution is 7.89. The summed E-state index contributed by atoms with van der Waals surface area (Å²) in [4.78, 5) is 15.6. The van der Waals surface area contributed by atoms with Crippen molar-refractivity contribution in [1.29, 1.82) is 0 Å². The lowest BCUT2D eigenvalue weighted by Crippen LogP contribution is -2.44. The van der Waals surface area contributed by atoms with Crippen LogP contribution in [0.4, 0.5) is 5.69 Å². The molecule has 2 N–H and O–H groups in total. The van der Waals surface area contributed by atoms with Gasteiger partial charge in [0.2, 0.25) is 15.9 Å². The Balaban J connectivity index is 1.63. The first kappa shape index (κ1) is 24.4. The SMILES string of the molecule is Cc1ccc(S(=O)(=O)NC(CC(C)C)C(=O)Nc2ccc(CCN3CCCC3)cc2)cc1. The van der Waals surface area contributed by atoms with Gasteiger partial charge in [-0.15, -0.1) is 0 Å². The molecule has 2 aromatic carbocycles. The summed E-state index contributed by atoms with van der Waals surface area (Å²) in [5.74, 6) is -0.196. The second-order valence-electron chi connectivity index (χ2n) is 9.10. The summed E-state index contributed by atoms with van der Waals surface area (Å²) in [6.45, 7) is 9.26. The molecule has 1 heterocycles. The molecule has 7 heteroatoms. The number of sulfonamides is 1. The van der Waals surface area contributed by atoms with Gasteiger partial charge in [-0.25, -0.2) is 8.42 Å². The van der Waals surface area contributed by atoms with E-state index in [1.54, 1.807) is 24.3 Å². The number of carbonyl (C=O) groups excluding carboxylic acids is 1. The molecule has 1 atom stereocenters. The van der Waals surface area contributed by atoms with E-state index < -0.39 is 16.1 Å². The Morgan fingerprint density at radius 1 is 1.00 bits per heavy atom. The van der Waals surface area contributed by atoms with Gasteiger partial charge < -0.3 is 10.2 Å². The average Bonchev–Trinajstić information content (AvgIpc) is 3.26. The van der Waals surface area contributed by atoms with E-state index >= 15 is 0 Å². The fraction of sp³-hybridized carbons (Fsp3) is 0.480. The molecule has 3 rings (SSSR count). The first-order chi connectivity index (χ1) is 15.2. The number of rotatable bonds is 10. The minimum atomic E-state index is -3.80. The molecule has 1 aliphatic heterocycles. The molecule has 1 unspecified atom stereocenters. The fourth-order valence-electron chi connectivity index (χ4n) is 3.93. The number of carbonyl (C=O) groups is 1. The molecule has 1 fully saturated rings. The fourth-order valence-corrected chi connectivity index (χ4v) is 5.14. The van der Waals surface area contributed by atoms with E-state index in [2.05, 4.69) is 14.9 Å². The van der Waals surface area contributed by atoms with Crippen LogP contribution in [0.15, 0.2) is 53.4 Å². The van der Waals surface area contributed by atoms with Gasteiger partial charge in [0.15, 0.2) is 0 Å². The lowest BCUT2D eigenvalue weighted by molar-refractivity contribution is -0.118. The van der Waals surface area contributed by atoms with E-state index in [9.17, 15) is 13.2 Å². The Morgan fingerprint density at radius 3 is 2.22 bits per heavy atom. The van der Waals surface area contributed by atoms with Crippen molar-refractivity contribution in [2.75, 3.05) is 25.0 Å². The van der Waals surface area contributed by atoms with Crippen molar-refractivity contribution in [3.63, 3.8) is 0 Å². The van der Waals surface area contributed by atoms with Gasteiger partial charge in [-0.2, -0.15) is 4.72 Å². The molecule has 0 aliphatic carbocycles. The van der Waals surface area contributed by atoms with E-state index in [0.29, 0.717) is 12.1 Å². The van der Waals surface area contributed by atoms with Crippen molar-refractivity contribution in [3.05, 3.63) is 59.7 Å². The number of amides is 1. The van der Waals surface area contributed by atoms with E-state index in [4.69, 9.17) is 0 Å². The molecule has 1 saturated heterocycles. The number of nitrogens with one attached hydrogen (secondary N) is 2. The Morgan fingerprint density at radius 2 is 1.62 bits per heavy atom. The summed E-state index contributed by atoms with van der Waals surface area (Å²) in [7, 11) is -3.80. The zero-order valence-electron chi connectivity index (χ0n) is 19.3. The van der Waals surface area contributed by atoms with Crippen LogP contribution in [0.1, 0.15) is 44.2 Å². The van der Waals surface area contributed by atoms with Gasteiger partial charge in [-0.3, -0.25) is 4.79 Å². The standard InChI is InChI=1S/C25H35N3O3S/c1-19(2)18-24(27-32(30,31)23-12-6-20(3)7-13-23)25(29)26-22-10-8-21(9-11-22)14-17-28-15-4-5-16-28/h6-13,19,24,27H,4-5,14-18H2,1-3H3,(H,26,29). The van der Waals surface area contributed by atoms with Crippen molar-refractivity contribution >= 4 is 21.6 Å². The molecule has 174 valence electrons. The van der Waals surface area contributed by atoms with E-state index in [1.807, 2.05) is 45.0 Å². The average molecular weight is 458 g/mol. The van der Waals surface area contributed by atoms with Gasteiger partial charge in [0.1, 0.15) is 6.04 Å². The van der Waals surface area contributed by atoms with Gasteiger partial charge in [-0.05, 0) is 81.4 Å². The summed E-state index contributed by atoms with van der Waals surface area (Å²) in [5.41, 5.74) is 2.88. The van der Waals surface area contributed by atoms with Crippen LogP contribution in [0.3, 0.4) is 0 Å². The first-order valence-electron chi connectivity index (χ1n) is 11.4. The van der Waals surface area contributed by atoms with Crippen molar-refractivity contribution in [3.8, 4) is 0 Å². The minimum Gasteiger partial charge on any atom is -0.325 e. The third kappa shape index (κ3) is 7.15. The van der Waals surface area contributed by atoms with Crippen LogP contribution in [-0.4, -0.2) is 44.9 Å². The zero-order valence-corrected chi connectivity index (χ0v) is 20.1. The highest BCUT2D eigenvalue weighted by atomic mass is 32.2. The van der Waals surface area contributed by atoms with Crippen LogP contribution >= 0.6 is 0 Å². The molecule has 0 radical (unpaired) electrons. The van der Waals surface area contributed by atoms with Crippen molar-refractivity contribution < 1.29 is 13.2 Å². The third-order valence-electron chi connectivity index (χ3n) is 5.79. The van der Waals surface area contributed by atoms with Crippen LogP contribution in [-0.2, 0) is 21.2 Å². The highest BCUT2D eigenvalue weighted by Crippen LogP contribution is 2.16. The van der Waals surface area contributed by atoms with Crippen LogP contribution in [0.2, 0.25) is 0 Å². The number of hydrogen-bond donors (Lipinski definition) is 2. The maximum Gasteiger partial charge on any atom is 0.242 e. The van der Waals surface area contributed by atoms with Crippen LogP contribution < -0.4 is 10.0 Å². The molecule has 0 bridgehead atoms. The molecule has 2 aromatic rings. The number of nitrogens with zero attached hydrogens (tertiary/aromatic N) is 1. The maximum absolute atomic E-state index is 13.0. The smallest absolute Gasteiger partial charge is 0.242 e. The number of benzene rings is 2. The Labute approximate surface area is 192 Å². The molecule has 0 saturated carbocycles. The summed E-state index contributed by atoms with van der Waals surface area (Å²) in [6, 6.07) is 13.6. The predicted molar refractivity (Wildman–Crippen MR) is 129 cm³/mol. The molecule has 1 amide bonds. The number of anilines is 1. The Bertz CT molecular complexity index is 980. The second-order valence-corrected chi connectivity index (χ2v) is 10.8. The molecule has 32 heavy (non-hydrogen) atoms. The summed E-state index contributed by atoms with van der Waals surface area (Å²) >= 11 is 0. The van der Waals surface area contributed by atoms with Crippen LogP contribution in [0.25, 0.3) is 0 Å². The van der Waals surface area contributed by atoms with Gasteiger partial charge in [-0.1, -0.05) is 43.7 Å².